The predicted octanol–water partition coefficient (Wildman–Crippen LogP) is 2.52. The summed E-state index contributed by atoms with van der Waals surface area (Å²) in [5.74, 6) is 0.818. The summed E-state index contributed by atoms with van der Waals surface area (Å²) in [6.45, 7) is 2.57. The Balaban J connectivity index is 1.46. The summed E-state index contributed by atoms with van der Waals surface area (Å²) in [7, 11) is 0. The third-order valence-corrected chi connectivity index (χ3v) is 5.25. The van der Waals surface area contributed by atoms with Crippen molar-refractivity contribution >= 4 is 5.91 Å². The lowest BCUT2D eigenvalue weighted by molar-refractivity contribution is -0.123. The summed E-state index contributed by atoms with van der Waals surface area (Å²) >= 11 is 0. The SMILES string of the molecule is O=C(CN1CCCCC1)NC1CCCc2nc(-c3cccnc3)ncc21. The number of rotatable bonds is 4. The number of pyridine rings is 1. The second-order valence-electron chi connectivity index (χ2n) is 7.19. The van der Waals surface area contributed by atoms with E-state index in [9.17, 15) is 4.79 Å². The van der Waals surface area contributed by atoms with E-state index in [1.165, 1.54) is 19.3 Å². The van der Waals surface area contributed by atoms with Crippen LogP contribution in [0.1, 0.15) is 49.4 Å². The molecule has 3 heterocycles. The van der Waals surface area contributed by atoms with E-state index in [4.69, 9.17) is 4.98 Å². The van der Waals surface area contributed by atoms with Gasteiger partial charge >= 0.3 is 0 Å². The minimum absolute atomic E-state index is 0.0268. The number of piperidine rings is 1. The maximum absolute atomic E-state index is 12.5. The molecule has 1 fully saturated rings. The molecule has 0 bridgehead atoms. The Morgan fingerprint density at radius 1 is 1.19 bits per heavy atom. The number of nitrogens with zero attached hydrogens (tertiary/aromatic N) is 4. The standard InChI is InChI=1S/C20H25N5O/c26-19(14-25-10-2-1-3-11-25)23-17-7-4-8-18-16(17)13-22-20(24-18)15-6-5-9-21-12-15/h5-6,9,12-13,17H,1-4,7-8,10-11,14H2,(H,23,26). The Morgan fingerprint density at radius 2 is 2.08 bits per heavy atom. The maximum Gasteiger partial charge on any atom is 0.234 e. The topological polar surface area (TPSA) is 71.0 Å². The highest BCUT2D eigenvalue weighted by Gasteiger charge is 2.25. The summed E-state index contributed by atoms with van der Waals surface area (Å²) < 4.78 is 0. The third kappa shape index (κ3) is 3.90. The van der Waals surface area contributed by atoms with E-state index in [0.29, 0.717) is 12.4 Å². The van der Waals surface area contributed by atoms with Gasteiger partial charge in [-0.05, 0) is 57.3 Å². The number of carbonyl (C=O) groups excluding carboxylic acids is 1. The van der Waals surface area contributed by atoms with Gasteiger partial charge in [0, 0.05) is 35.4 Å². The van der Waals surface area contributed by atoms with Crippen LogP contribution in [-0.2, 0) is 11.2 Å². The number of aryl methyl sites for hydroxylation is 1. The van der Waals surface area contributed by atoms with Gasteiger partial charge in [0.2, 0.25) is 5.91 Å². The van der Waals surface area contributed by atoms with Crippen molar-refractivity contribution in [3.05, 3.63) is 42.0 Å². The molecule has 2 aromatic rings. The predicted molar refractivity (Wildman–Crippen MR) is 99.4 cm³/mol. The van der Waals surface area contributed by atoms with E-state index in [1.807, 2.05) is 18.3 Å². The van der Waals surface area contributed by atoms with E-state index >= 15 is 0 Å². The van der Waals surface area contributed by atoms with Gasteiger partial charge in [0.1, 0.15) is 0 Å². The van der Waals surface area contributed by atoms with Crippen molar-refractivity contribution < 1.29 is 4.79 Å². The van der Waals surface area contributed by atoms with E-state index in [1.54, 1.807) is 12.4 Å². The van der Waals surface area contributed by atoms with E-state index in [0.717, 1.165) is 49.2 Å². The van der Waals surface area contributed by atoms with Gasteiger partial charge < -0.3 is 5.32 Å². The summed E-state index contributed by atoms with van der Waals surface area (Å²) in [6, 6.07) is 3.89. The molecule has 2 aliphatic rings. The molecule has 0 radical (unpaired) electrons. The van der Waals surface area contributed by atoms with Gasteiger partial charge in [0.25, 0.3) is 0 Å². The van der Waals surface area contributed by atoms with Gasteiger partial charge in [-0.25, -0.2) is 9.97 Å². The van der Waals surface area contributed by atoms with Crippen LogP contribution in [0.25, 0.3) is 11.4 Å². The van der Waals surface area contributed by atoms with Crippen LogP contribution in [0.5, 0.6) is 0 Å². The average molecular weight is 351 g/mol. The molecule has 0 saturated carbocycles. The highest BCUT2D eigenvalue weighted by atomic mass is 16.2. The van der Waals surface area contributed by atoms with Crippen LogP contribution < -0.4 is 5.32 Å². The van der Waals surface area contributed by atoms with Gasteiger partial charge in [-0.3, -0.25) is 14.7 Å². The molecule has 2 aromatic heterocycles. The Morgan fingerprint density at radius 3 is 2.88 bits per heavy atom. The lowest BCUT2D eigenvalue weighted by Crippen LogP contribution is -2.41. The first-order chi connectivity index (χ1) is 12.8. The zero-order valence-corrected chi connectivity index (χ0v) is 15.0. The fourth-order valence-electron chi connectivity index (χ4n) is 3.89. The third-order valence-electron chi connectivity index (χ3n) is 5.25. The van der Waals surface area contributed by atoms with Crippen LogP contribution in [0.2, 0.25) is 0 Å². The Kier molecular flexibility index (Phi) is 5.20. The van der Waals surface area contributed by atoms with Gasteiger partial charge in [0.05, 0.1) is 12.6 Å². The molecule has 1 aliphatic carbocycles. The Bertz CT molecular complexity index is 758. The second kappa shape index (κ2) is 7.91. The lowest BCUT2D eigenvalue weighted by atomic mass is 9.92. The lowest BCUT2D eigenvalue weighted by Gasteiger charge is -2.29. The molecule has 1 N–H and O–H groups in total. The smallest absolute Gasteiger partial charge is 0.234 e. The van der Waals surface area contributed by atoms with Crippen molar-refractivity contribution in [2.24, 2.45) is 0 Å². The monoisotopic (exact) mass is 351 g/mol. The van der Waals surface area contributed by atoms with Gasteiger partial charge in [0.15, 0.2) is 5.82 Å². The van der Waals surface area contributed by atoms with Gasteiger partial charge in [-0.1, -0.05) is 6.42 Å². The molecule has 26 heavy (non-hydrogen) atoms. The van der Waals surface area contributed by atoms with Gasteiger partial charge in [-0.2, -0.15) is 0 Å². The molecule has 0 aromatic carbocycles. The number of amides is 1. The maximum atomic E-state index is 12.5. The normalized spacial score (nSPS) is 20.4. The van der Waals surface area contributed by atoms with Crippen molar-refractivity contribution in [3.63, 3.8) is 0 Å². The highest BCUT2D eigenvalue weighted by Crippen LogP contribution is 2.29. The summed E-state index contributed by atoms with van der Waals surface area (Å²) in [6.07, 6.45) is 12.0. The quantitative estimate of drug-likeness (QED) is 0.916. The molecule has 4 rings (SSSR count). The zero-order valence-electron chi connectivity index (χ0n) is 15.0. The van der Waals surface area contributed by atoms with Crippen molar-refractivity contribution in [1.82, 2.24) is 25.2 Å². The minimum atomic E-state index is 0.0268. The first-order valence-electron chi connectivity index (χ1n) is 9.57. The van der Waals surface area contributed by atoms with Gasteiger partial charge in [-0.15, -0.1) is 0 Å². The summed E-state index contributed by atoms with van der Waals surface area (Å²) in [5.41, 5.74) is 3.04. The van der Waals surface area contributed by atoms with Crippen molar-refractivity contribution in [2.75, 3.05) is 19.6 Å². The Labute approximate surface area is 154 Å². The molecule has 136 valence electrons. The van der Waals surface area contributed by atoms with E-state index in [2.05, 4.69) is 20.2 Å². The number of hydrogen-bond acceptors (Lipinski definition) is 5. The first kappa shape index (κ1) is 17.1. The molecule has 0 spiro atoms. The molecule has 1 atom stereocenters. The molecular weight excluding hydrogens is 326 g/mol. The van der Waals surface area contributed by atoms with E-state index < -0.39 is 0 Å². The number of hydrogen-bond donors (Lipinski definition) is 1. The van der Waals surface area contributed by atoms with Crippen LogP contribution in [-0.4, -0.2) is 45.4 Å². The average Bonchev–Trinajstić information content (AvgIpc) is 2.69. The number of carbonyl (C=O) groups is 1. The van der Waals surface area contributed by atoms with Crippen LogP contribution in [0.15, 0.2) is 30.7 Å². The second-order valence-corrected chi connectivity index (χ2v) is 7.19. The first-order valence-corrected chi connectivity index (χ1v) is 9.57. The van der Waals surface area contributed by atoms with E-state index in [-0.39, 0.29) is 11.9 Å². The fourth-order valence-corrected chi connectivity index (χ4v) is 3.89. The number of aromatic nitrogens is 3. The number of fused-ring (bicyclic) bond motifs is 1. The summed E-state index contributed by atoms with van der Waals surface area (Å²) in [4.78, 5) is 28.1. The molecule has 1 saturated heterocycles. The van der Waals surface area contributed by atoms with Crippen molar-refractivity contribution in [1.29, 1.82) is 0 Å². The zero-order chi connectivity index (χ0) is 17.8. The molecule has 1 amide bonds. The fraction of sp³-hybridized carbons (Fsp3) is 0.500. The molecule has 6 nitrogen and oxygen atoms in total. The van der Waals surface area contributed by atoms with Crippen LogP contribution in [0, 0.1) is 0 Å². The van der Waals surface area contributed by atoms with Crippen LogP contribution >= 0.6 is 0 Å². The van der Waals surface area contributed by atoms with Crippen molar-refractivity contribution in [2.45, 2.75) is 44.6 Å². The van der Waals surface area contributed by atoms with Crippen LogP contribution in [0.3, 0.4) is 0 Å². The highest BCUT2D eigenvalue weighted by molar-refractivity contribution is 5.78. The Hall–Kier alpha value is -2.34. The minimum Gasteiger partial charge on any atom is -0.348 e. The van der Waals surface area contributed by atoms with Crippen LogP contribution in [0.4, 0.5) is 0 Å². The number of likely N-dealkylation sites (tertiary alicyclic amines) is 1. The molecule has 6 heteroatoms. The molecular formula is C20H25N5O. The molecule has 1 aliphatic heterocycles. The number of nitrogens with one attached hydrogen (secondary N) is 1. The van der Waals surface area contributed by atoms with Crippen molar-refractivity contribution in [3.8, 4) is 11.4 Å². The molecule has 1 unspecified atom stereocenters. The largest absolute Gasteiger partial charge is 0.348 e. The summed E-state index contributed by atoms with van der Waals surface area (Å²) in [5, 5.41) is 3.21.